The van der Waals surface area contributed by atoms with E-state index < -0.39 is 0 Å². The van der Waals surface area contributed by atoms with Crippen LogP contribution in [0.1, 0.15) is 113 Å². The van der Waals surface area contributed by atoms with Crippen molar-refractivity contribution < 1.29 is 4.79 Å². The highest BCUT2D eigenvalue weighted by atomic mass is 16.2. The Kier molecular flexibility index (Phi) is 16.5. The van der Waals surface area contributed by atoms with Crippen molar-refractivity contribution in [1.82, 2.24) is 14.7 Å². The summed E-state index contributed by atoms with van der Waals surface area (Å²) in [6.45, 7) is 24.8. The number of likely N-dealkylation sites (tertiary alicyclic amines) is 3. The topological polar surface area (TPSA) is 26.8 Å². The van der Waals surface area contributed by atoms with E-state index in [0.29, 0.717) is 11.8 Å². The van der Waals surface area contributed by atoms with Gasteiger partial charge < -0.3 is 14.7 Å². The second kappa shape index (κ2) is 17.8. The maximum atomic E-state index is 12.4. The summed E-state index contributed by atoms with van der Waals surface area (Å²) in [5.41, 5.74) is 0. The molecule has 3 saturated heterocycles. The predicted molar refractivity (Wildman–Crippen MR) is 154 cm³/mol. The minimum absolute atomic E-state index is 0.303. The Hall–Kier alpha value is -0.610. The van der Waals surface area contributed by atoms with Gasteiger partial charge in [0.2, 0.25) is 5.91 Å². The van der Waals surface area contributed by atoms with E-state index in [9.17, 15) is 4.79 Å². The molecule has 208 valence electrons. The fourth-order valence-electron chi connectivity index (χ4n) is 5.81. The van der Waals surface area contributed by atoms with Crippen molar-refractivity contribution in [2.45, 2.75) is 119 Å². The van der Waals surface area contributed by atoms with Crippen LogP contribution in [0.5, 0.6) is 0 Å². The van der Waals surface area contributed by atoms with E-state index in [0.717, 1.165) is 68.7 Å². The van der Waals surface area contributed by atoms with Crippen molar-refractivity contribution in [3.05, 3.63) is 0 Å². The van der Waals surface area contributed by atoms with Gasteiger partial charge in [0.25, 0.3) is 0 Å². The number of hydrogen-bond acceptors (Lipinski definition) is 3. The Balaban J connectivity index is 0.000000332. The van der Waals surface area contributed by atoms with E-state index in [-0.39, 0.29) is 0 Å². The van der Waals surface area contributed by atoms with E-state index in [4.69, 9.17) is 0 Å². The number of nitrogens with zero attached hydrogens (tertiary/aromatic N) is 3. The lowest BCUT2D eigenvalue weighted by molar-refractivity contribution is -0.138. The third kappa shape index (κ3) is 12.0. The van der Waals surface area contributed by atoms with E-state index in [1.54, 1.807) is 0 Å². The molecule has 3 aliphatic heterocycles. The number of hydrogen-bond donors (Lipinski definition) is 0. The molecule has 0 aromatic carbocycles. The van der Waals surface area contributed by atoms with Crippen LogP contribution in [-0.2, 0) is 4.79 Å². The fraction of sp³-hybridized carbons (Fsp3) is 0.968. The molecule has 3 heterocycles. The number of rotatable bonds is 7. The fourth-order valence-corrected chi connectivity index (χ4v) is 5.81. The summed E-state index contributed by atoms with van der Waals surface area (Å²) in [6.07, 6.45) is 11.6. The zero-order valence-electron chi connectivity index (χ0n) is 25.3. The van der Waals surface area contributed by atoms with Gasteiger partial charge in [0, 0.05) is 25.0 Å². The molecule has 1 atom stereocenters. The maximum absolute atomic E-state index is 12.4. The molecular formula is C31H63N3O. The summed E-state index contributed by atoms with van der Waals surface area (Å²) in [4.78, 5) is 19.6. The van der Waals surface area contributed by atoms with Crippen LogP contribution in [0.3, 0.4) is 0 Å². The minimum Gasteiger partial charge on any atom is -0.342 e. The molecule has 4 nitrogen and oxygen atoms in total. The first-order valence-corrected chi connectivity index (χ1v) is 15.4. The highest BCUT2D eigenvalue weighted by Crippen LogP contribution is 2.27. The van der Waals surface area contributed by atoms with Gasteiger partial charge in [0.15, 0.2) is 0 Å². The van der Waals surface area contributed by atoms with Crippen molar-refractivity contribution in [2.75, 3.05) is 46.3 Å². The van der Waals surface area contributed by atoms with Crippen LogP contribution in [0, 0.1) is 29.6 Å². The first-order valence-electron chi connectivity index (χ1n) is 15.4. The average Bonchev–Trinajstić information content (AvgIpc) is 2.89. The average molecular weight is 494 g/mol. The molecule has 0 aromatic rings. The highest BCUT2D eigenvalue weighted by molar-refractivity contribution is 5.79. The summed E-state index contributed by atoms with van der Waals surface area (Å²) in [6, 6.07) is 0.802. The maximum Gasteiger partial charge on any atom is 0.225 e. The van der Waals surface area contributed by atoms with Crippen molar-refractivity contribution in [2.24, 2.45) is 29.6 Å². The number of piperidine rings is 3. The molecule has 35 heavy (non-hydrogen) atoms. The molecule has 1 unspecified atom stereocenters. The molecule has 0 spiro atoms. The molecule has 3 rings (SSSR count). The molecule has 3 aliphatic rings. The molecule has 3 fully saturated rings. The molecule has 0 bridgehead atoms. The lowest BCUT2D eigenvalue weighted by atomic mass is 9.86. The third-order valence-electron chi connectivity index (χ3n) is 8.88. The molecule has 1 amide bonds. The third-order valence-corrected chi connectivity index (χ3v) is 8.88. The first kappa shape index (κ1) is 32.4. The summed E-state index contributed by atoms with van der Waals surface area (Å²) in [5.74, 6) is 4.24. The summed E-state index contributed by atoms with van der Waals surface area (Å²) in [5, 5.41) is 0. The molecule has 0 saturated carbocycles. The van der Waals surface area contributed by atoms with Crippen LogP contribution < -0.4 is 0 Å². The largest absolute Gasteiger partial charge is 0.342 e. The first-order chi connectivity index (χ1) is 16.7. The second-order valence-corrected chi connectivity index (χ2v) is 12.2. The molecule has 0 aliphatic carbocycles. The van der Waals surface area contributed by atoms with Crippen LogP contribution in [0.2, 0.25) is 0 Å². The SMILES string of the molecule is CC.CC(C)C1CCN(C(=O)C2CCN(C)CC2)CC1.CCC(C)N1CCC(CCC(C)C)CC1. The number of carbonyl (C=O) groups is 1. The zero-order chi connectivity index (χ0) is 26.4. The quantitative estimate of drug-likeness (QED) is 0.376. The molecular weight excluding hydrogens is 430 g/mol. The predicted octanol–water partition coefficient (Wildman–Crippen LogP) is 7.18. The van der Waals surface area contributed by atoms with Gasteiger partial charge in [0.05, 0.1) is 0 Å². The standard InChI is InChI=1S/C15H28N2O.C14H29N.C2H6/c1-12(2)13-6-10-17(11-7-13)15(18)14-4-8-16(3)9-5-14;1-5-13(4)15-10-8-14(9-11-15)7-6-12(2)3;1-2/h12-14H,4-11H2,1-3H3;12-14H,5-11H2,1-4H3;1-2H3. The van der Waals surface area contributed by atoms with Gasteiger partial charge in [-0.2, -0.15) is 0 Å². The van der Waals surface area contributed by atoms with Crippen LogP contribution in [-0.4, -0.2) is 73.0 Å². The number of carbonyl (C=O) groups excluding carboxylic acids is 1. The highest BCUT2D eigenvalue weighted by Gasteiger charge is 2.30. The van der Waals surface area contributed by atoms with Gasteiger partial charge in [-0.15, -0.1) is 0 Å². The second-order valence-electron chi connectivity index (χ2n) is 12.2. The van der Waals surface area contributed by atoms with Crippen LogP contribution >= 0.6 is 0 Å². The van der Waals surface area contributed by atoms with E-state index in [1.165, 1.54) is 58.0 Å². The number of amides is 1. The Morgan fingerprint density at radius 3 is 1.80 bits per heavy atom. The van der Waals surface area contributed by atoms with E-state index >= 15 is 0 Å². The zero-order valence-corrected chi connectivity index (χ0v) is 25.3. The van der Waals surface area contributed by atoms with Crippen molar-refractivity contribution in [3.8, 4) is 0 Å². The van der Waals surface area contributed by atoms with Crippen molar-refractivity contribution in [3.63, 3.8) is 0 Å². The van der Waals surface area contributed by atoms with Gasteiger partial charge in [-0.25, -0.2) is 0 Å². The van der Waals surface area contributed by atoms with Crippen LogP contribution in [0.25, 0.3) is 0 Å². The lowest BCUT2D eigenvalue weighted by Crippen LogP contribution is -2.45. The van der Waals surface area contributed by atoms with Gasteiger partial charge >= 0.3 is 0 Å². The Labute approximate surface area is 220 Å². The Morgan fingerprint density at radius 2 is 1.34 bits per heavy atom. The monoisotopic (exact) mass is 493 g/mol. The normalized spacial score (nSPS) is 22.4. The molecule has 0 N–H and O–H groups in total. The lowest BCUT2D eigenvalue weighted by Gasteiger charge is -2.37. The summed E-state index contributed by atoms with van der Waals surface area (Å²) < 4.78 is 0. The van der Waals surface area contributed by atoms with Crippen LogP contribution in [0.15, 0.2) is 0 Å². The van der Waals surface area contributed by atoms with Crippen molar-refractivity contribution in [1.29, 1.82) is 0 Å². The smallest absolute Gasteiger partial charge is 0.225 e. The van der Waals surface area contributed by atoms with Gasteiger partial charge in [0.1, 0.15) is 0 Å². The molecule has 4 heteroatoms. The Bertz CT molecular complexity index is 525. The summed E-state index contributed by atoms with van der Waals surface area (Å²) in [7, 11) is 2.15. The van der Waals surface area contributed by atoms with Crippen molar-refractivity contribution >= 4 is 5.91 Å². The Morgan fingerprint density at radius 1 is 0.800 bits per heavy atom. The van der Waals surface area contributed by atoms with Gasteiger partial charge in [-0.1, -0.05) is 61.3 Å². The van der Waals surface area contributed by atoms with E-state index in [1.807, 2.05) is 13.8 Å². The molecule has 0 aromatic heterocycles. The summed E-state index contributed by atoms with van der Waals surface area (Å²) >= 11 is 0. The van der Waals surface area contributed by atoms with Crippen LogP contribution in [0.4, 0.5) is 0 Å². The van der Waals surface area contributed by atoms with Gasteiger partial charge in [-0.05, 0) is 109 Å². The minimum atomic E-state index is 0.303. The van der Waals surface area contributed by atoms with E-state index in [2.05, 4.69) is 63.3 Å². The van der Waals surface area contributed by atoms with Gasteiger partial charge in [-0.3, -0.25) is 4.79 Å². The molecule has 0 radical (unpaired) electrons.